The lowest BCUT2D eigenvalue weighted by atomic mass is 9.78. The molecule has 2 aromatic heterocycles. The molecule has 0 spiro atoms. The van der Waals surface area contributed by atoms with Crippen LogP contribution >= 0.6 is 11.6 Å². The summed E-state index contributed by atoms with van der Waals surface area (Å²) in [4.78, 5) is 4.09. The Bertz CT molecular complexity index is 500. The van der Waals surface area contributed by atoms with Crippen molar-refractivity contribution in [3.05, 3.63) is 12.4 Å². The number of rotatable bonds is 3. The molecule has 0 aliphatic heterocycles. The van der Waals surface area contributed by atoms with Crippen LogP contribution in [0.2, 0.25) is 0 Å². The smallest absolute Gasteiger partial charge is 0.199 e. The second kappa shape index (κ2) is 3.55. The van der Waals surface area contributed by atoms with Crippen LogP contribution in [0.5, 0.6) is 0 Å². The molecule has 0 radical (unpaired) electrons. The van der Waals surface area contributed by atoms with E-state index in [1.807, 2.05) is 0 Å². The highest BCUT2D eigenvalue weighted by Gasteiger charge is 2.36. The summed E-state index contributed by atoms with van der Waals surface area (Å²) in [5.41, 5.74) is 0.623. The Balaban J connectivity index is 1.96. The maximum atomic E-state index is 5.99. The van der Waals surface area contributed by atoms with Crippen molar-refractivity contribution in [2.45, 2.75) is 24.8 Å². The summed E-state index contributed by atoms with van der Waals surface area (Å²) in [6, 6.07) is 0. The molecule has 0 saturated heterocycles. The molecule has 0 unspecified atom stereocenters. The first kappa shape index (κ1) is 9.77. The Kier molecular flexibility index (Phi) is 2.17. The molecule has 1 saturated carbocycles. The Morgan fingerprint density at radius 1 is 1.44 bits per heavy atom. The predicted molar refractivity (Wildman–Crippen MR) is 59.5 cm³/mol. The minimum Gasteiger partial charge on any atom is -0.362 e. The van der Waals surface area contributed by atoms with Gasteiger partial charge in [0.05, 0.1) is 17.9 Å². The number of fused-ring (bicyclic) bond motifs is 1. The zero-order chi connectivity index (χ0) is 11.0. The number of hydrogen-bond donors (Lipinski definition) is 1. The summed E-state index contributed by atoms with van der Waals surface area (Å²) < 4.78 is 1.64. The van der Waals surface area contributed by atoms with Gasteiger partial charge in [-0.2, -0.15) is 4.52 Å². The molecular weight excluding hydrogens is 228 g/mol. The van der Waals surface area contributed by atoms with Gasteiger partial charge in [0, 0.05) is 5.88 Å². The fourth-order valence-corrected chi connectivity index (χ4v) is 2.26. The van der Waals surface area contributed by atoms with Gasteiger partial charge in [-0.3, -0.25) is 4.98 Å². The number of aromatic nitrogens is 5. The second-order valence-corrected chi connectivity index (χ2v) is 4.40. The van der Waals surface area contributed by atoms with Crippen molar-refractivity contribution in [1.82, 2.24) is 25.0 Å². The lowest BCUT2D eigenvalue weighted by Gasteiger charge is -2.41. The SMILES string of the molecule is ClCC1(Nc2cncc3nnnn23)CCC1. The van der Waals surface area contributed by atoms with E-state index in [-0.39, 0.29) is 5.54 Å². The summed E-state index contributed by atoms with van der Waals surface area (Å²) in [7, 11) is 0. The van der Waals surface area contributed by atoms with Gasteiger partial charge >= 0.3 is 0 Å². The lowest BCUT2D eigenvalue weighted by Crippen LogP contribution is -2.47. The zero-order valence-electron chi connectivity index (χ0n) is 8.60. The van der Waals surface area contributed by atoms with Crippen LogP contribution in [0, 0.1) is 0 Å². The van der Waals surface area contributed by atoms with E-state index in [0.29, 0.717) is 11.5 Å². The molecule has 1 aliphatic rings. The van der Waals surface area contributed by atoms with E-state index in [1.54, 1.807) is 16.9 Å². The summed E-state index contributed by atoms with van der Waals surface area (Å²) in [5, 5.41) is 14.8. The van der Waals surface area contributed by atoms with Crippen LogP contribution in [0.1, 0.15) is 19.3 Å². The first-order chi connectivity index (χ1) is 7.83. The highest BCUT2D eigenvalue weighted by atomic mass is 35.5. The summed E-state index contributed by atoms with van der Waals surface area (Å²) in [6.07, 6.45) is 6.71. The molecule has 1 fully saturated rings. The molecule has 0 atom stereocenters. The van der Waals surface area contributed by atoms with Gasteiger partial charge in [-0.1, -0.05) is 0 Å². The molecule has 0 amide bonds. The Hall–Kier alpha value is -1.43. The van der Waals surface area contributed by atoms with E-state index >= 15 is 0 Å². The first-order valence-electron chi connectivity index (χ1n) is 5.19. The van der Waals surface area contributed by atoms with Crippen LogP contribution in [-0.4, -0.2) is 36.4 Å². The van der Waals surface area contributed by atoms with Crippen LogP contribution in [0.25, 0.3) is 5.65 Å². The normalized spacial score (nSPS) is 18.3. The minimum absolute atomic E-state index is 0.0104. The molecule has 2 aromatic rings. The third kappa shape index (κ3) is 1.41. The molecule has 0 bridgehead atoms. The standard InChI is InChI=1S/C9H11ClN6/c10-6-9(2-1-3-9)12-7-4-11-5-8-13-14-15-16(7)8/h4-5,12H,1-3,6H2. The molecule has 1 aliphatic carbocycles. The molecule has 2 heterocycles. The first-order valence-corrected chi connectivity index (χ1v) is 5.73. The van der Waals surface area contributed by atoms with Crippen molar-refractivity contribution in [3.8, 4) is 0 Å². The van der Waals surface area contributed by atoms with E-state index in [1.165, 1.54) is 6.42 Å². The number of hydrogen-bond acceptors (Lipinski definition) is 5. The molecule has 16 heavy (non-hydrogen) atoms. The van der Waals surface area contributed by atoms with E-state index in [9.17, 15) is 0 Å². The fourth-order valence-electron chi connectivity index (χ4n) is 1.93. The average Bonchev–Trinajstić information content (AvgIpc) is 2.72. The largest absolute Gasteiger partial charge is 0.362 e. The molecule has 84 valence electrons. The summed E-state index contributed by atoms with van der Waals surface area (Å²) >= 11 is 5.99. The van der Waals surface area contributed by atoms with Crippen LogP contribution < -0.4 is 5.32 Å². The Morgan fingerprint density at radius 3 is 3.00 bits per heavy atom. The summed E-state index contributed by atoms with van der Waals surface area (Å²) in [6.45, 7) is 0. The van der Waals surface area contributed by atoms with Gasteiger partial charge in [0.1, 0.15) is 0 Å². The van der Waals surface area contributed by atoms with E-state index in [4.69, 9.17) is 11.6 Å². The third-order valence-corrected chi connectivity index (χ3v) is 3.58. The van der Waals surface area contributed by atoms with Crippen molar-refractivity contribution in [2.75, 3.05) is 11.2 Å². The highest BCUT2D eigenvalue weighted by Crippen LogP contribution is 2.35. The topological polar surface area (TPSA) is 68.0 Å². The predicted octanol–water partition coefficient (Wildman–Crippen LogP) is 1.09. The van der Waals surface area contributed by atoms with E-state index < -0.39 is 0 Å². The van der Waals surface area contributed by atoms with Crippen molar-refractivity contribution >= 4 is 23.1 Å². The number of nitrogens with one attached hydrogen (secondary N) is 1. The van der Waals surface area contributed by atoms with Crippen molar-refractivity contribution in [3.63, 3.8) is 0 Å². The number of halogens is 1. The molecule has 1 N–H and O–H groups in total. The van der Waals surface area contributed by atoms with Gasteiger partial charge in [0.25, 0.3) is 0 Å². The highest BCUT2D eigenvalue weighted by molar-refractivity contribution is 6.19. The van der Waals surface area contributed by atoms with Gasteiger partial charge in [0.15, 0.2) is 11.5 Å². The monoisotopic (exact) mass is 238 g/mol. The number of nitrogens with zero attached hydrogens (tertiary/aromatic N) is 5. The van der Waals surface area contributed by atoms with E-state index in [2.05, 4.69) is 25.8 Å². The molecule has 3 rings (SSSR count). The number of tetrazole rings is 1. The molecule has 7 heteroatoms. The Morgan fingerprint density at radius 2 is 2.31 bits per heavy atom. The average molecular weight is 239 g/mol. The quantitative estimate of drug-likeness (QED) is 0.811. The van der Waals surface area contributed by atoms with Gasteiger partial charge < -0.3 is 5.32 Å². The Labute approximate surface area is 97.0 Å². The van der Waals surface area contributed by atoms with Crippen LogP contribution in [0.3, 0.4) is 0 Å². The van der Waals surface area contributed by atoms with Gasteiger partial charge in [-0.05, 0) is 29.7 Å². The molecular formula is C9H11ClN6. The maximum absolute atomic E-state index is 5.99. The lowest BCUT2D eigenvalue weighted by molar-refractivity contribution is 0.309. The van der Waals surface area contributed by atoms with Crippen LogP contribution in [-0.2, 0) is 0 Å². The van der Waals surface area contributed by atoms with Gasteiger partial charge in [-0.25, -0.2) is 0 Å². The van der Waals surface area contributed by atoms with Crippen molar-refractivity contribution < 1.29 is 0 Å². The summed E-state index contributed by atoms with van der Waals surface area (Å²) in [5.74, 6) is 1.38. The van der Waals surface area contributed by atoms with Crippen LogP contribution in [0.4, 0.5) is 5.82 Å². The van der Waals surface area contributed by atoms with Gasteiger partial charge in [-0.15, -0.1) is 16.7 Å². The van der Waals surface area contributed by atoms with Crippen molar-refractivity contribution in [1.29, 1.82) is 0 Å². The van der Waals surface area contributed by atoms with Crippen LogP contribution in [0.15, 0.2) is 12.4 Å². The fraction of sp³-hybridized carbons (Fsp3) is 0.556. The zero-order valence-corrected chi connectivity index (χ0v) is 9.35. The number of anilines is 1. The third-order valence-electron chi connectivity index (χ3n) is 3.07. The minimum atomic E-state index is -0.0104. The molecule has 6 nitrogen and oxygen atoms in total. The molecule has 0 aromatic carbocycles. The van der Waals surface area contributed by atoms with Crippen molar-refractivity contribution in [2.24, 2.45) is 0 Å². The second-order valence-electron chi connectivity index (χ2n) is 4.13. The number of alkyl halides is 1. The maximum Gasteiger partial charge on any atom is 0.199 e. The van der Waals surface area contributed by atoms with Gasteiger partial charge in [0.2, 0.25) is 0 Å². The van der Waals surface area contributed by atoms with E-state index in [0.717, 1.165) is 18.7 Å².